The van der Waals surface area contributed by atoms with Crippen LogP contribution in [0.15, 0.2) is 61.2 Å². The average molecular weight is 460 g/mol. The molecule has 1 aromatic heterocycles. The fourth-order valence-corrected chi connectivity index (χ4v) is 3.69. The molecule has 1 heterocycles. The minimum Gasteiger partial charge on any atom is -1.00 e. The van der Waals surface area contributed by atoms with Crippen molar-refractivity contribution in [3.05, 3.63) is 77.9 Å². The van der Waals surface area contributed by atoms with Crippen molar-refractivity contribution in [3.63, 3.8) is 0 Å². The molecule has 32 heavy (non-hydrogen) atoms. The van der Waals surface area contributed by atoms with E-state index in [1.54, 1.807) is 30.4 Å². The Morgan fingerprint density at radius 1 is 1.25 bits per heavy atom. The van der Waals surface area contributed by atoms with E-state index in [9.17, 15) is 14.7 Å². The van der Waals surface area contributed by atoms with E-state index in [-0.39, 0.29) is 31.0 Å². The van der Waals surface area contributed by atoms with Crippen LogP contribution in [-0.2, 0) is 4.79 Å². The van der Waals surface area contributed by atoms with E-state index in [2.05, 4.69) is 10.3 Å². The number of carboxylic acid groups (broad SMARTS) is 1. The summed E-state index contributed by atoms with van der Waals surface area (Å²) in [5.41, 5.74) is 4.09. The molecule has 0 aliphatic heterocycles. The first-order valence-electron chi connectivity index (χ1n) is 9.88. The zero-order chi connectivity index (χ0) is 22.2. The number of carbonyl (C=O) groups is 2. The van der Waals surface area contributed by atoms with Gasteiger partial charge in [-0.25, -0.2) is 9.78 Å². The maximum atomic E-state index is 13.1. The molecule has 0 bridgehead atoms. The van der Waals surface area contributed by atoms with E-state index in [0.717, 1.165) is 22.3 Å². The number of benzene rings is 2. The number of rotatable bonds is 9. The number of carboxylic acids is 1. The standard InChI is InChI=1S/C24H25N3O3S.Na.H/c1-17-5-3-4-6-19(17)21-15-18(9-12-27-13-11-25-16-27)7-8-20(21)23(28)26-22(24(29)30)10-14-31-2;;/h3-9,11-13,15-16,22H,10,14H2,1-2H3,(H,26,28)(H,29,30);;/q;+1;-1. The fraction of sp³-hybridized carbons (Fsp3) is 0.208. The predicted molar refractivity (Wildman–Crippen MR) is 127 cm³/mol. The van der Waals surface area contributed by atoms with E-state index >= 15 is 0 Å². The summed E-state index contributed by atoms with van der Waals surface area (Å²) in [6.07, 6.45) is 11.3. The topological polar surface area (TPSA) is 84.2 Å². The van der Waals surface area contributed by atoms with Crippen molar-refractivity contribution in [2.75, 3.05) is 12.0 Å². The SMILES string of the molecule is CSCCC(NC(=O)c1ccc(C=Cn2ccnc2)cc1-c1ccccc1C)C(=O)O.[H-].[Na+]. The number of imidazole rings is 1. The molecule has 2 aromatic carbocycles. The number of aryl methyl sites for hydroxylation is 1. The van der Waals surface area contributed by atoms with Gasteiger partial charge in [0.05, 0.1) is 6.33 Å². The molecule has 162 valence electrons. The number of thioether (sulfide) groups is 1. The van der Waals surface area contributed by atoms with E-state index < -0.39 is 17.9 Å². The molecule has 0 radical (unpaired) electrons. The zero-order valence-corrected chi connectivity index (χ0v) is 21.3. The summed E-state index contributed by atoms with van der Waals surface area (Å²) >= 11 is 1.55. The summed E-state index contributed by atoms with van der Waals surface area (Å²) in [5, 5.41) is 12.2. The molecule has 0 fully saturated rings. The summed E-state index contributed by atoms with van der Waals surface area (Å²) in [6.45, 7) is 1.99. The van der Waals surface area contributed by atoms with Crippen molar-refractivity contribution < 1.29 is 45.7 Å². The predicted octanol–water partition coefficient (Wildman–Crippen LogP) is 1.54. The van der Waals surface area contributed by atoms with Crippen LogP contribution in [0.1, 0.15) is 29.3 Å². The Morgan fingerprint density at radius 3 is 2.69 bits per heavy atom. The first-order valence-corrected chi connectivity index (χ1v) is 11.3. The molecular formula is C24H26N3NaO3S. The minimum absolute atomic E-state index is 0. The van der Waals surface area contributed by atoms with Crippen LogP contribution in [0, 0.1) is 6.92 Å². The van der Waals surface area contributed by atoms with E-state index in [0.29, 0.717) is 17.7 Å². The van der Waals surface area contributed by atoms with Crippen LogP contribution in [0.4, 0.5) is 0 Å². The molecule has 0 spiro atoms. The number of nitrogens with one attached hydrogen (secondary N) is 1. The largest absolute Gasteiger partial charge is 1.00 e. The van der Waals surface area contributed by atoms with Crippen LogP contribution >= 0.6 is 11.8 Å². The van der Waals surface area contributed by atoms with Gasteiger partial charge in [-0.3, -0.25) is 4.79 Å². The number of aliphatic carboxylic acids is 1. The van der Waals surface area contributed by atoms with Gasteiger partial charge in [-0.05, 0) is 65.8 Å². The summed E-state index contributed by atoms with van der Waals surface area (Å²) in [4.78, 5) is 28.7. The maximum Gasteiger partial charge on any atom is 1.00 e. The van der Waals surface area contributed by atoms with Crippen LogP contribution in [0.5, 0.6) is 0 Å². The van der Waals surface area contributed by atoms with Crippen molar-refractivity contribution in [1.82, 2.24) is 14.9 Å². The van der Waals surface area contributed by atoms with Gasteiger partial charge in [0.25, 0.3) is 5.91 Å². The van der Waals surface area contributed by atoms with Gasteiger partial charge in [0.2, 0.25) is 0 Å². The van der Waals surface area contributed by atoms with Gasteiger partial charge in [-0.1, -0.05) is 30.3 Å². The fourth-order valence-electron chi connectivity index (χ4n) is 3.22. The van der Waals surface area contributed by atoms with Gasteiger partial charge in [0.1, 0.15) is 6.04 Å². The molecular weight excluding hydrogens is 433 g/mol. The third-order valence-electron chi connectivity index (χ3n) is 4.90. The Bertz CT molecular complexity index is 1090. The molecule has 0 aliphatic rings. The molecule has 1 atom stereocenters. The van der Waals surface area contributed by atoms with Crippen LogP contribution in [0.25, 0.3) is 23.4 Å². The third-order valence-corrected chi connectivity index (χ3v) is 5.55. The summed E-state index contributed by atoms with van der Waals surface area (Å²) in [7, 11) is 0. The van der Waals surface area contributed by atoms with Crippen molar-refractivity contribution in [2.24, 2.45) is 0 Å². The Hall–Kier alpha value is -2.32. The van der Waals surface area contributed by atoms with Crippen molar-refractivity contribution in [3.8, 4) is 11.1 Å². The Balaban J connectivity index is 0.00000272. The zero-order valence-electron chi connectivity index (χ0n) is 19.5. The second-order valence-electron chi connectivity index (χ2n) is 7.09. The number of hydrogen-bond donors (Lipinski definition) is 2. The molecule has 0 aliphatic carbocycles. The summed E-state index contributed by atoms with van der Waals surface area (Å²) in [6, 6.07) is 12.4. The van der Waals surface area contributed by atoms with Crippen LogP contribution in [0.2, 0.25) is 0 Å². The monoisotopic (exact) mass is 459 g/mol. The summed E-state index contributed by atoms with van der Waals surface area (Å²) < 4.78 is 1.83. The molecule has 3 aromatic rings. The summed E-state index contributed by atoms with van der Waals surface area (Å²) in [5.74, 6) is -0.767. The number of aromatic nitrogens is 2. The molecule has 6 nitrogen and oxygen atoms in total. The Labute approximate surface area is 215 Å². The van der Waals surface area contributed by atoms with E-state index in [1.807, 2.05) is 72.6 Å². The van der Waals surface area contributed by atoms with Gasteiger partial charge in [-0.2, -0.15) is 11.8 Å². The molecule has 1 amide bonds. The van der Waals surface area contributed by atoms with Gasteiger partial charge in [-0.15, -0.1) is 0 Å². The second-order valence-corrected chi connectivity index (χ2v) is 8.08. The number of amides is 1. The average Bonchev–Trinajstić information content (AvgIpc) is 3.29. The number of carbonyl (C=O) groups excluding carboxylic acids is 1. The van der Waals surface area contributed by atoms with Gasteiger partial charge in [0, 0.05) is 24.2 Å². The van der Waals surface area contributed by atoms with Crippen molar-refractivity contribution in [2.45, 2.75) is 19.4 Å². The minimum atomic E-state index is -1.03. The van der Waals surface area contributed by atoms with Gasteiger partial charge < -0.3 is 16.4 Å². The van der Waals surface area contributed by atoms with Crippen molar-refractivity contribution in [1.29, 1.82) is 0 Å². The quantitative estimate of drug-likeness (QED) is 0.475. The molecule has 2 N–H and O–H groups in total. The normalized spacial score (nSPS) is 11.7. The molecule has 8 heteroatoms. The molecule has 1 unspecified atom stereocenters. The van der Waals surface area contributed by atoms with Gasteiger partial charge >= 0.3 is 35.5 Å². The third kappa shape index (κ3) is 6.84. The smallest absolute Gasteiger partial charge is 1.00 e. The van der Waals surface area contributed by atoms with Gasteiger partial charge in [0.15, 0.2) is 0 Å². The first-order chi connectivity index (χ1) is 15.0. The Morgan fingerprint density at radius 2 is 2.03 bits per heavy atom. The number of nitrogens with zero attached hydrogens (tertiary/aromatic N) is 2. The van der Waals surface area contributed by atoms with Crippen molar-refractivity contribution >= 4 is 35.9 Å². The van der Waals surface area contributed by atoms with Crippen LogP contribution in [0.3, 0.4) is 0 Å². The van der Waals surface area contributed by atoms with Crippen LogP contribution < -0.4 is 34.9 Å². The molecule has 0 saturated heterocycles. The van der Waals surface area contributed by atoms with E-state index in [1.165, 1.54) is 0 Å². The van der Waals surface area contributed by atoms with Crippen LogP contribution in [-0.4, -0.2) is 44.6 Å². The molecule has 0 saturated carbocycles. The second kappa shape index (κ2) is 12.6. The Kier molecular flexibility index (Phi) is 10.3. The molecule has 3 rings (SSSR count). The van der Waals surface area contributed by atoms with E-state index in [4.69, 9.17) is 0 Å². The first kappa shape index (κ1) is 25.9. The number of hydrogen-bond acceptors (Lipinski definition) is 4. The maximum absolute atomic E-state index is 13.1.